The molecule has 0 spiro atoms. The van der Waals surface area contributed by atoms with Crippen LogP contribution in [-0.2, 0) is 33.3 Å². The Morgan fingerprint density at radius 3 is 2.52 bits per heavy atom. The Morgan fingerprint density at radius 2 is 1.84 bits per heavy atom. The molecule has 0 bridgehead atoms. The van der Waals surface area contributed by atoms with E-state index in [0.29, 0.717) is 19.3 Å². The Labute approximate surface area is 263 Å². The summed E-state index contributed by atoms with van der Waals surface area (Å²) < 4.78 is 23.0. The van der Waals surface area contributed by atoms with Crippen molar-refractivity contribution in [2.24, 2.45) is 5.92 Å². The Bertz CT molecular complexity index is 1040. The van der Waals surface area contributed by atoms with E-state index in [4.69, 9.17) is 18.9 Å². The van der Waals surface area contributed by atoms with Gasteiger partial charge in [0.15, 0.2) is 0 Å². The lowest BCUT2D eigenvalue weighted by Gasteiger charge is -2.44. The summed E-state index contributed by atoms with van der Waals surface area (Å²) in [6.45, 7) is 9.98. The minimum Gasteiger partial charge on any atom is -0.461 e. The molecule has 1 saturated carbocycles. The van der Waals surface area contributed by atoms with Crippen LogP contribution in [0.15, 0.2) is 36.0 Å². The Morgan fingerprint density at radius 1 is 1.11 bits per heavy atom. The second-order valence-corrected chi connectivity index (χ2v) is 13.0. The summed E-state index contributed by atoms with van der Waals surface area (Å²) in [7, 11) is 1.59. The van der Waals surface area contributed by atoms with Gasteiger partial charge in [-0.2, -0.15) is 0 Å². The van der Waals surface area contributed by atoms with Gasteiger partial charge in [-0.3, -0.25) is 14.4 Å². The number of hydrogen-bond donors (Lipinski definition) is 3. The standard InChI is InChI=1S/C34H54N2O8/c1-22(12-15-29-23(2)18-28(25(4)43-29)36-31(38)17-14-24(3)42-21-37)13-16-30-33(40)34(5,41-6)20-27(44-30)19-32(39)35-26-10-8-7-9-11-26/h12-14,16-17,21,23-30,33,40H,7-11,15,18-20H2,1-6H3,(H,35,39)(H,36,38)/b16-13+,17-14-,22-12+/t23?,24?,25?,27-,28?,29+,30?,33-,34?/m1/s1. The van der Waals surface area contributed by atoms with Crippen molar-refractivity contribution in [3.05, 3.63) is 36.0 Å². The van der Waals surface area contributed by atoms with Crippen molar-refractivity contribution >= 4 is 18.3 Å². The summed E-state index contributed by atoms with van der Waals surface area (Å²) in [5, 5.41) is 17.3. The first-order valence-corrected chi connectivity index (χ1v) is 16.2. The molecule has 10 heteroatoms. The Hall–Kier alpha value is -2.53. The van der Waals surface area contributed by atoms with Gasteiger partial charge in [0.25, 0.3) is 6.47 Å². The molecule has 0 radical (unpaired) electrons. The van der Waals surface area contributed by atoms with Gasteiger partial charge in [-0.25, -0.2) is 0 Å². The molecule has 0 aromatic carbocycles. The van der Waals surface area contributed by atoms with Gasteiger partial charge in [-0.1, -0.05) is 50.0 Å². The van der Waals surface area contributed by atoms with Crippen molar-refractivity contribution in [3.63, 3.8) is 0 Å². The van der Waals surface area contributed by atoms with Gasteiger partial charge in [0.1, 0.15) is 18.3 Å². The molecule has 0 aromatic heterocycles. The van der Waals surface area contributed by atoms with Crippen LogP contribution in [0, 0.1) is 5.92 Å². The fraction of sp³-hybridized carbons (Fsp3) is 0.735. The lowest BCUT2D eigenvalue weighted by molar-refractivity contribution is -0.207. The molecule has 44 heavy (non-hydrogen) atoms. The fourth-order valence-corrected chi connectivity index (χ4v) is 6.40. The molecular formula is C34H54N2O8. The van der Waals surface area contributed by atoms with E-state index in [1.54, 1.807) is 14.0 Å². The first kappa shape index (κ1) is 35.9. The monoisotopic (exact) mass is 618 g/mol. The molecule has 2 aliphatic heterocycles. The SMILES string of the molecule is COC1(C)C[C@@H](CC(=O)NC2CCCCC2)OC(/C=C/C(C)=C/C[C@@H]2OC(C)C(NC(=O)/C=C\C(C)OC=O)CC2C)[C@H]1O. The summed E-state index contributed by atoms with van der Waals surface area (Å²) in [6.07, 6.45) is 14.1. The van der Waals surface area contributed by atoms with Gasteiger partial charge in [0.2, 0.25) is 11.8 Å². The van der Waals surface area contributed by atoms with Gasteiger partial charge in [0.05, 0.1) is 36.4 Å². The van der Waals surface area contributed by atoms with Crippen molar-refractivity contribution in [2.75, 3.05) is 7.11 Å². The molecule has 3 fully saturated rings. The fourth-order valence-electron chi connectivity index (χ4n) is 6.40. The van der Waals surface area contributed by atoms with E-state index in [-0.39, 0.29) is 54.5 Å². The zero-order chi connectivity index (χ0) is 32.3. The van der Waals surface area contributed by atoms with Crippen LogP contribution >= 0.6 is 0 Å². The number of aliphatic hydroxyl groups is 1. The largest absolute Gasteiger partial charge is 0.461 e. The number of amides is 2. The number of ether oxygens (including phenoxy) is 4. The minimum atomic E-state index is -0.875. The van der Waals surface area contributed by atoms with Crippen LogP contribution in [0.4, 0.5) is 0 Å². The number of methoxy groups -OCH3 is 1. The maximum atomic E-state index is 12.8. The number of hydrogen-bond acceptors (Lipinski definition) is 8. The third kappa shape index (κ3) is 10.8. The van der Waals surface area contributed by atoms with Crippen LogP contribution in [0.1, 0.15) is 92.4 Å². The van der Waals surface area contributed by atoms with E-state index >= 15 is 0 Å². The molecule has 2 heterocycles. The normalized spacial score (nSPS) is 34.5. The Kier molecular flexibility index (Phi) is 14.1. The minimum absolute atomic E-state index is 0.00146. The maximum Gasteiger partial charge on any atom is 0.293 e. The van der Waals surface area contributed by atoms with Crippen LogP contribution < -0.4 is 10.6 Å². The second-order valence-electron chi connectivity index (χ2n) is 13.0. The van der Waals surface area contributed by atoms with Gasteiger partial charge < -0.3 is 34.7 Å². The molecule has 6 unspecified atom stereocenters. The molecule has 248 valence electrons. The highest BCUT2D eigenvalue weighted by Crippen LogP contribution is 2.34. The summed E-state index contributed by atoms with van der Waals surface area (Å²) in [6, 6.07) is 0.121. The number of carbonyl (C=O) groups is 3. The lowest BCUT2D eigenvalue weighted by atomic mass is 9.84. The number of nitrogens with one attached hydrogen (secondary N) is 2. The van der Waals surface area contributed by atoms with Crippen LogP contribution in [0.5, 0.6) is 0 Å². The van der Waals surface area contributed by atoms with E-state index in [1.165, 1.54) is 18.6 Å². The molecule has 9 atom stereocenters. The molecule has 2 amide bonds. The van der Waals surface area contributed by atoms with Gasteiger partial charge in [0, 0.05) is 25.6 Å². The third-order valence-corrected chi connectivity index (χ3v) is 9.32. The van der Waals surface area contributed by atoms with Crippen LogP contribution in [0.2, 0.25) is 0 Å². The predicted octanol–water partition coefficient (Wildman–Crippen LogP) is 4.06. The van der Waals surface area contributed by atoms with E-state index in [9.17, 15) is 19.5 Å². The number of rotatable bonds is 13. The quantitative estimate of drug-likeness (QED) is 0.160. The summed E-state index contributed by atoms with van der Waals surface area (Å²) in [4.78, 5) is 35.6. The molecule has 10 nitrogen and oxygen atoms in total. The van der Waals surface area contributed by atoms with Crippen molar-refractivity contribution < 1.29 is 38.4 Å². The van der Waals surface area contributed by atoms with Crippen LogP contribution in [-0.4, -0.2) is 84.8 Å². The second kappa shape index (κ2) is 17.2. The Balaban J connectivity index is 1.53. The van der Waals surface area contributed by atoms with Gasteiger partial charge >= 0.3 is 0 Å². The molecule has 2 saturated heterocycles. The highest BCUT2D eigenvalue weighted by Gasteiger charge is 2.46. The average molecular weight is 619 g/mol. The van der Waals surface area contributed by atoms with E-state index in [2.05, 4.69) is 23.6 Å². The van der Waals surface area contributed by atoms with E-state index in [1.807, 2.05) is 32.9 Å². The van der Waals surface area contributed by atoms with Crippen molar-refractivity contribution in [3.8, 4) is 0 Å². The van der Waals surface area contributed by atoms with Gasteiger partial charge in [-0.15, -0.1) is 0 Å². The highest BCUT2D eigenvalue weighted by molar-refractivity contribution is 5.87. The van der Waals surface area contributed by atoms with E-state index < -0.39 is 23.9 Å². The first-order chi connectivity index (χ1) is 20.9. The van der Waals surface area contributed by atoms with Crippen molar-refractivity contribution in [1.82, 2.24) is 10.6 Å². The van der Waals surface area contributed by atoms with Crippen molar-refractivity contribution in [1.29, 1.82) is 0 Å². The zero-order valence-electron chi connectivity index (χ0n) is 27.3. The highest BCUT2D eigenvalue weighted by atomic mass is 16.5. The van der Waals surface area contributed by atoms with Crippen LogP contribution in [0.25, 0.3) is 0 Å². The topological polar surface area (TPSA) is 132 Å². The number of aliphatic hydroxyl groups excluding tert-OH is 1. The zero-order valence-corrected chi connectivity index (χ0v) is 27.3. The molecule has 0 aromatic rings. The third-order valence-electron chi connectivity index (χ3n) is 9.32. The summed E-state index contributed by atoms with van der Waals surface area (Å²) >= 11 is 0. The summed E-state index contributed by atoms with van der Waals surface area (Å²) in [5.74, 6) is -0.0391. The molecule has 3 rings (SSSR count). The molecule has 3 aliphatic rings. The van der Waals surface area contributed by atoms with Crippen molar-refractivity contribution in [2.45, 2.75) is 147 Å². The first-order valence-electron chi connectivity index (χ1n) is 16.2. The number of allylic oxidation sites excluding steroid dienone is 2. The molecule has 3 N–H and O–H groups in total. The molecular weight excluding hydrogens is 564 g/mol. The lowest BCUT2D eigenvalue weighted by Crippen LogP contribution is -2.56. The van der Waals surface area contributed by atoms with Gasteiger partial charge in [-0.05, 0) is 65.4 Å². The predicted molar refractivity (Wildman–Crippen MR) is 168 cm³/mol. The smallest absolute Gasteiger partial charge is 0.293 e. The summed E-state index contributed by atoms with van der Waals surface area (Å²) in [5.41, 5.74) is 0.179. The van der Waals surface area contributed by atoms with Crippen LogP contribution in [0.3, 0.4) is 0 Å². The molecule has 1 aliphatic carbocycles. The van der Waals surface area contributed by atoms with E-state index in [0.717, 1.165) is 37.7 Å². The maximum absolute atomic E-state index is 12.8. The number of carbonyl (C=O) groups excluding carboxylic acids is 3. The average Bonchev–Trinajstić information content (AvgIpc) is 2.98.